The molecule has 0 bridgehead atoms. The van der Waals surface area contributed by atoms with Crippen LogP contribution in [0.5, 0.6) is 0 Å². The number of piperidine rings is 2. The van der Waals surface area contributed by atoms with E-state index in [9.17, 15) is 14.0 Å². The fourth-order valence-corrected chi connectivity index (χ4v) is 7.02. The summed E-state index contributed by atoms with van der Waals surface area (Å²) in [7, 11) is 0. The number of halogens is 1. The minimum absolute atomic E-state index is 0.0316. The fraction of sp³-hybridized carbons (Fsp3) is 0.621. The van der Waals surface area contributed by atoms with Gasteiger partial charge in [-0.25, -0.2) is 14.2 Å². The Hall–Kier alpha value is -2.36. The minimum Gasteiger partial charge on any atom is -0.335 e. The maximum absolute atomic E-state index is 13.3. The molecule has 38 heavy (non-hydrogen) atoms. The fourth-order valence-electron chi connectivity index (χ4n) is 6.16. The summed E-state index contributed by atoms with van der Waals surface area (Å²) in [6.07, 6.45) is 6.98. The first-order valence-electron chi connectivity index (χ1n) is 14.1. The van der Waals surface area contributed by atoms with Crippen LogP contribution in [0.2, 0.25) is 0 Å². The number of aryl methyl sites for hydroxylation is 1. The van der Waals surface area contributed by atoms with Crippen molar-refractivity contribution in [3.63, 3.8) is 0 Å². The van der Waals surface area contributed by atoms with E-state index in [1.807, 2.05) is 12.1 Å². The van der Waals surface area contributed by atoms with Gasteiger partial charge >= 0.3 is 6.03 Å². The SMILES string of the molecule is CC(=O)c1sc(NC(=O)N[C@@H]2CCN(CC3CC3)C[C@H]2CN2CCCC(Cc3ccc(F)cc3)C2)nc1C. The molecule has 1 aromatic heterocycles. The summed E-state index contributed by atoms with van der Waals surface area (Å²) >= 11 is 1.23. The van der Waals surface area contributed by atoms with Crippen LogP contribution in [0, 0.1) is 30.5 Å². The number of anilines is 1. The number of benzene rings is 1. The summed E-state index contributed by atoms with van der Waals surface area (Å²) < 4.78 is 13.3. The molecule has 7 nitrogen and oxygen atoms in total. The van der Waals surface area contributed by atoms with Gasteiger partial charge in [-0.05, 0) is 81.5 Å². The molecule has 2 aromatic rings. The third-order valence-corrected chi connectivity index (χ3v) is 9.39. The van der Waals surface area contributed by atoms with E-state index in [0.29, 0.717) is 27.5 Å². The minimum atomic E-state index is -0.243. The van der Waals surface area contributed by atoms with E-state index in [2.05, 4.69) is 25.4 Å². The Morgan fingerprint density at radius 3 is 2.50 bits per heavy atom. The predicted octanol–water partition coefficient (Wildman–Crippen LogP) is 4.97. The number of carbonyl (C=O) groups is 2. The summed E-state index contributed by atoms with van der Waals surface area (Å²) in [5.41, 5.74) is 1.86. The lowest BCUT2D eigenvalue weighted by atomic mass is 9.88. The normalized spacial score (nSPS) is 24.8. The maximum atomic E-state index is 13.3. The van der Waals surface area contributed by atoms with Crippen molar-refractivity contribution in [2.45, 2.75) is 58.4 Å². The molecule has 2 N–H and O–H groups in total. The summed E-state index contributed by atoms with van der Waals surface area (Å²) in [5, 5.41) is 6.59. The number of carbonyl (C=O) groups excluding carboxylic acids is 2. The van der Waals surface area contributed by atoms with Crippen LogP contribution < -0.4 is 10.6 Å². The van der Waals surface area contributed by atoms with Gasteiger partial charge in [-0.1, -0.05) is 23.5 Å². The molecule has 1 saturated carbocycles. The highest BCUT2D eigenvalue weighted by Gasteiger charge is 2.35. The van der Waals surface area contributed by atoms with Crippen molar-refractivity contribution in [1.29, 1.82) is 0 Å². The topological polar surface area (TPSA) is 77.6 Å². The molecule has 3 atom stereocenters. The van der Waals surface area contributed by atoms with E-state index in [1.165, 1.54) is 56.1 Å². The Morgan fingerprint density at radius 1 is 1.03 bits per heavy atom. The third-order valence-electron chi connectivity index (χ3n) is 8.22. The summed E-state index contributed by atoms with van der Waals surface area (Å²) in [6, 6.07) is 6.78. The number of hydrogen-bond donors (Lipinski definition) is 2. The molecule has 9 heteroatoms. The second-order valence-corrected chi connectivity index (χ2v) is 12.5. The molecule has 2 amide bonds. The monoisotopic (exact) mass is 541 g/mol. The van der Waals surface area contributed by atoms with Gasteiger partial charge in [-0.15, -0.1) is 0 Å². The molecule has 1 aliphatic carbocycles. The number of rotatable bonds is 9. The van der Waals surface area contributed by atoms with E-state index in [-0.39, 0.29) is 23.7 Å². The molecule has 1 unspecified atom stereocenters. The smallest absolute Gasteiger partial charge is 0.321 e. The molecular weight excluding hydrogens is 501 g/mol. The van der Waals surface area contributed by atoms with E-state index < -0.39 is 0 Å². The van der Waals surface area contributed by atoms with Crippen LogP contribution in [0.25, 0.3) is 0 Å². The number of nitrogens with zero attached hydrogens (tertiary/aromatic N) is 3. The summed E-state index contributed by atoms with van der Waals surface area (Å²) in [6.45, 7) is 9.61. The van der Waals surface area contributed by atoms with Gasteiger partial charge in [0.25, 0.3) is 0 Å². The highest BCUT2D eigenvalue weighted by atomic mass is 32.1. The van der Waals surface area contributed by atoms with Gasteiger partial charge in [0.2, 0.25) is 0 Å². The van der Waals surface area contributed by atoms with Crippen LogP contribution >= 0.6 is 11.3 Å². The number of Topliss-reactive ketones (excluding diaryl/α,β-unsaturated/α-hetero) is 1. The predicted molar refractivity (Wildman–Crippen MR) is 149 cm³/mol. The van der Waals surface area contributed by atoms with E-state index >= 15 is 0 Å². The molecule has 2 saturated heterocycles. The van der Waals surface area contributed by atoms with Gasteiger partial charge in [0.05, 0.1) is 10.6 Å². The average molecular weight is 542 g/mol. The summed E-state index contributed by atoms with van der Waals surface area (Å²) in [5.74, 6) is 1.55. The lowest BCUT2D eigenvalue weighted by Crippen LogP contribution is -2.55. The highest BCUT2D eigenvalue weighted by molar-refractivity contribution is 7.17. The van der Waals surface area contributed by atoms with Gasteiger partial charge in [0.15, 0.2) is 10.9 Å². The van der Waals surface area contributed by atoms with E-state index in [0.717, 1.165) is 51.5 Å². The van der Waals surface area contributed by atoms with Gasteiger partial charge in [0.1, 0.15) is 5.82 Å². The number of nitrogens with one attached hydrogen (secondary N) is 2. The first-order chi connectivity index (χ1) is 18.3. The summed E-state index contributed by atoms with van der Waals surface area (Å²) in [4.78, 5) is 34.9. The Bertz CT molecular complexity index is 1120. The van der Waals surface area contributed by atoms with Crippen LogP contribution in [-0.2, 0) is 6.42 Å². The molecular formula is C29H40FN5O2S. The number of ketones is 1. The third kappa shape index (κ3) is 7.39. The van der Waals surface area contributed by atoms with Crippen LogP contribution in [0.15, 0.2) is 24.3 Å². The quantitative estimate of drug-likeness (QED) is 0.439. The molecule has 5 rings (SSSR count). The van der Waals surface area contributed by atoms with Crippen LogP contribution in [0.1, 0.15) is 60.0 Å². The Morgan fingerprint density at radius 2 is 1.79 bits per heavy atom. The molecule has 2 aliphatic heterocycles. The van der Waals surface area contributed by atoms with E-state index in [4.69, 9.17) is 0 Å². The Kier molecular flexibility index (Phi) is 8.75. The largest absolute Gasteiger partial charge is 0.335 e. The van der Waals surface area contributed by atoms with Crippen molar-refractivity contribution in [3.8, 4) is 0 Å². The van der Waals surface area contributed by atoms with Crippen molar-refractivity contribution in [1.82, 2.24) is 20.1 Å². The van der Waals surface area contributed by atoms with Crippen LogP contribution in [0.3, 0.4) is 0 Å². The number of hydrogen-bond acceptors (Lipinski definition) is 6. The lowest BCUT2D eigenvalue weighted by molar-refractivity contribution is 0.0830. The van der Waals surface area contributed by atoms with Crippen LogP contribution in [0.4, 0.5) is 14.3 Å². The number of aromatic nitrogens is 1. The first-order valence-corrected chi connectivity index (χ1v) is 14.9. The maximum Gasteiger partial charge on any atom is 0.321 e. The zero-order valence-electron chi connectivity index (χ0n) is 22.5. The molecule has 3 fully saturated rings. The van der Waals surface area contributed by atoms with E-state index in [1.54, 1.807) is 19.1 Å². The molecule has 0 radical (unpaired) electrons. The first kappa shape index (κ1) is 27.2. The zero-order chi connectivity index (χ0) is 26.6. The standard InChI is InChI=1S/C29H40FN5O2S/c1-19-27(20(2)36)38-29(31-19)33-28(37)32-26-11-13-35(15-22-5-6-22)18-24(26)17-34-12-3-4-23(16-34)14-21-7-9-25(30)10-8-21/h7-10,22-24,26H,3-6,11-18H2,1-2H3,(H2,31,32,33,37)/t23?,24-,26-/m1/s1. The number of likely N-dealkylation sites (tertiary alicyclic amines) is 2. The Balaban J connectivity index is 1.20. The Labute approximate surface area is 229 Å². The number of amides is 2. The molecule has 0 spiro atoms. The van der Waals surface area contributed by atoms with Gasteiger partial charge in [-0.3, -0.25) is 10.1 Å². The molecule has 1 aromatic carbocycles. The van der Waals surface area contributed by atoms with Crippen molar-refractivity contribution < 1.29 is 14.0 Å². The van der Waals surface area contributed by atoms with Gasteiger partial charge in [0, 0.05) is 51.6 Å². The number of thiazole rings is 1. The van der Waals surface area contributed by atoms with Crippen molar-refractivity contribution in [2.75, 3.05) is 44.6 Å². The number of urea groups is 1. The van der Waals surface area contributed by atoms with Crippen molar-refractivity contribution in [3.05, 3.63) is 46.2 Å². The second-order valence-electron chi connectivity index (χ2n) is 11.5. The van der Waals surface area contributed by atoms with Gasteiger partial charge < -0.3 is 15.1 Å². The van der Waals surface area contributed by atoms with Gasteiger partial charge in [-0.2, -0.15) is 0 Å². The average Bonchev–Trinajstić information content (AvgIpc) is 3.61. The molecule has 206 valence electrons. The zero-order valence-corrected chi connectivity index (χ0v) is 23.4. The van der Waals surface area contributed by atoms with Crippen LogP contribution in [-0.4, -0.2) is 71.9 Å². The molecule has 3 heterocycles. The van der Waals surface area contributed by atoms with Crippen molar-refractivity contribution >= 4 is 28.3 Å². The highest BCUT2D eigenvalue weighted by Crippen LogP contribution is 2.32. The lowest BCUT2D eigenvalue weighted by Gasteiger charge is -2.42. The second kappa shape index (κ2) is 12.2. The van der Waals surface area contributed by atoms with Crippen molar-refractivity contribution in [2.24, 2.45) is 17.8 Å². The molecule has 3 aliphatic rings.